The van der Waals surface area contributed by atoms with E-state index in [9.17, 15) is 8.42 Å². The topological polar surface area (TPSA) is 68.1 Å². The molecule has 1 unspecified atom stereocenters. The molecule has 1 aliphatic heterocycles. The monoisotopic (exact) mass is 404 g/mol. The van der Waals surface area contributed by atoms with Crippen LogP contribution < -0.4 is 0 Å². The molecule has 8 heteroatoms. The van der Waals surface area contributed by atoms with E-state index in [0.717, 1.165) is 29.6 Å². The predicted octanol–water partition coefficient (Wildman–Crippen LogP) is 3.49. The summed E-state index contributed by atoms with van der Waals surface area (Å²) < 4.78 is 29.7. The molecule has 1 atom stereocenters. The van der Waals surface area contributed by atoms with Crippen LogP contribution in [0.1, 0.15) is 18.4 Å². The lowest BCUT2D eigenvalue weighted by Gasteiger charge is -2.32. The van der Waals surface area contributed by atoms with Gasteiger partial charge < -0.3 is 4.57 Å². The zero-order valence-electron chi connectivity index (χ0n) is 15.0. The fraction of sp³-hybridized carbons (Fsp3) is 0.368. The lowest BCUT2D eigenvalue weighted by molar-refractivity contribution is 0.246. The van der Waals surface area contributed by atoms with Crippen LogP contribution in [0.2, 0.25) is 5.02 Å². The number of benzene rings is 1. The minimum Gasteiger partial charge on any atom is -0.315 e. The van der Waals surface area contributed by atoms with E-state index in [1.165, 1.54) is 0 Å². The van der Waals surface area contributed by atoms with Crippen LogP contribution in [0.5, 0.6) is 0 Å². The van der Waals surface area contributed by atoms with E-state index < -0.39 is 10.0 Å². The Bertz CT molecular complexity index is 1080. The number of imidazole rings is 1. The number of hydrogen-bond donors (Lipinski definition) is 0. The van der Waals surface area contributed by atoms with Gasteiger partial charge in [0.25, 0.3) is 0 Å². The Hall–Kier alpha value is -1.96. The van der Waals surface area contributed by atoms with Crippen molar-refractivity contribution in [2.75, 3.05) is 13.1 Å². The molecular weight excluding hydrogens is 384 g/mol. The Morgan fingerprint density at radius 3 is 2.93 bits per heavy atom. The van der Waals surface area contributed by atoms with E-state index in [0.29, 0.717) is 29.6 Å². The second-order valence-corrected chi connectivity index (χ2v) is 9.37. The highest BCUT2D eigenvalue weighted by Crippen LogP contribution is 2.27. The van der Waals surface area contributed by atoms with Crippen molar-refractivity contribution in [3.8, 4) is 0 Å². The molecule has 1 saturated heterocycles. The van der Waals surface area contributed by atoms with Crippen molar-refractivity contribution in [2.45, 2.75) is 31.2 Å². The lowest BCUT2D eigenvalue weighted by Crippen LogP contribution is -2.41. The normalized spacial score (nSPS) is 18.8. The molecule has 1 aromatic carbocycles. The smallest absolute Gasteiger partial charge is 0.243 e. The second kappa shape index (κ2) is 7.22. The van der Waals surface area contributed by atoms with Gasteiger partial charge in [-0.15, -0.1) is 0 Å². The first kappa shape index (κ1) is 18.4. The number of sulfonamides is 1. The highest BCUT2D eigenvalue weighted by Gasteiger charge is 2.30. The van der Waals surface area contributed by atoms with E-state index in [-0.39, 0.29) is 5.92 Å². The van der Waals surface area contributed by atoms with Gasteiger partial charge in [0.15, 0.2) is 5.65 Å². The van der Waals surface area contributed by atoms with Gasteiger partial charge in [0, 0.05) is 30.9 Å². The van der Waals surface area contributed by atoms with Crippen LogP contribution in [0.4, 0.5) is 0 Å². The van der Waals surface area contributed by atoms with Crippen molar-refractivity contribution in [1.82, 2.24) is 18.8 Å². The summed E-state index contributed by atoms with van der Waals surface area (Å²) in [5, 5.41) is 0.574. The van der Waals surface area contributed by atoms with E-state index in [1.54, 1.807) is 35.0 Å². The maximum Gasteiger partial charge on any atom is 0.243 e. The zero-order valence-corrected chi connectivity index (χ0v) is 16.6. The highest BCUT2D eigenvalue weighted by molar-refractivity contribution is 7.89. The summed E-state index contributed by atoms with van der Waals surface area (Å²) in [4.78, 5) is 9.08. The maximum absolute atomic E-state index is 13.1. The van der Waals surface area contributed by atoms with Gasteiger partial charge in [-0.1, -0.05) is 11.6 Å². The number of pyridine rings is 1. The summed E-state index contributed by atoms with van der Waals surface area (Å²) in [6.07, 6.45) is 5.36. The number of hydrogen-bond acceptors (Lipinski definition) is 4. The van der Waals surface area contributed by atoms with Gasteiger partial charge in [-0.3, -0.25) is 0 Å². The largest absolute Gasteiger partial charge is 0.315 e. The third kappa shape index (κ3) is 3.59. The first-order valence-corrected chi connectivity index (χ1v) is 10.8. The van der Waals surface area contributed by atoms with Crippen LogP contribution >= 0.6 is 11.6 Å². The van der Waals surface area contributed by atoms with Crippen molar-refractivity contribution >= 4 is 32.8 Å². The third-order valence-corrected chi connectivity index (χ3v) is 7.36. The molecular formula is C19H21ClN4O2S. The van der Waals surface area contributed by atoms with E-state index in [4.69, 9.17) is 11.6 Å². The van der Waals surface area contributed by atoms with Gasteiger partial charge in [0.1, 0.15) is 5.52 Å². The van der Waals surface area contributed by atoms with Crippen LogP contribution in [-0.4, -0.2) is 40.3 Å². The number of nitrogens with zero attached hydrogens (tertiary/aromatic N) is 4. The van der Waals surface area contributed by atoms with Gasteiger partial charge >= 0.3 is 0 Å². The molecule has 0 saturated carbocycles. The first-order chi connectivity index (χ1) is 12.9. The van der Waals surface area contributed by atoms with Crippen molar-refractivity contribution in [2.24, 2.45) is 5.92 Å². The van der Waals surface area contributed by atoms with Crippen LogP contribution in [0.25, 0.3) is 11.2 Å². The fourth-order valence-electron chi connectivity index (χ4n) is 3.63. The SMILES string of the molecule is Cc1cc(S(=O)(=O)N2CCCC(Cn3cnc4cccnc43)C2)ccc1Cl. The van der Waals surface area contributed by atoms with Gasteiger partial charge in [0.2, 0.25) is 10.0 Å². The molecule has 0 spiro atoms. The van der Waals surface area contributed by atoms with Gasteiger partial charge in [-0.2, -0.15) is 4.31 Å². The molecule has 1 aliphatic rings. The van der Waals surface area contributed by atoms with Crippen LogP contribution in [-0.2, 0) is 16.6 Å². The van der Waals surface area contributed by atoms with Crippen molar-refractivity contribution in [1.29, 1.82) is 0 Å². The molecule has 27 heavy (non-hydrogen) atoms. The Balaban J connectivity index is 1.54. The summed E-state index contributed by atoms with van der Waals surface area (Å²) in [5.41, 5.74) is 2.46. The molecule has 0 N–H and O–H groups in total. The molecule has 0 radical (unpaired) electrons. The van der Waals surface area contributed by atoms with E-state index in [2.05, 4.69) is 9.97 Å². The molecule has 3 heterocycles. The third-order valence-electron chi connectivity index (χ3n) is 5.08. The minimum atomic E-state index is -3.52. The zero-order chi connectivity index (χ0) is 19.0. The van der Waals surface area contributed by atoms with E-state index in [1.807, 2.05) is 23.6 Å². The van der Waals surface area contributed by atoms with E-state index >= 15 is 0 Å². The number of aryl methyl sites for hydroxylation is 1. The minimum absolute atomic E-state index is 0.223. The molecule has 0 aliphatic carbocycles. The summed E-state index contributed by atoms with van der Waals surface area (Å²) in [6, 6.07) is 8.67. The number of piperidine rings is 1. The molecule has 0 bridgehead atoms. The molecule has 142 valence electrons. The highest BCUT2D eigenvalue weighted by atomic mass is 35.5. The van der Waals surface area contributed by atoms with Crippen molar-refractivity contribution < 1.29 is 8.42 Å². The average Bonchev–Trinajstić information content (AvgIpc) is 3.07. The molecule has 3 aromatic rings. The predicted molar refractivity (Wildman–Crippen MR) is 105 cm³/mol. The standard InChI is InChI=1S/C19H21ClN4O2S/c1-14-10-16(6-7-17(14)20)27(25,26)24-9-3-4-15(12-24)11-23-13-22-18-5-2-8-21-19(18)23/h2,5-8,10,13,15H,3-4,9,11-12H2,1H3. The van der Waals surface area contributed by atoms with Gasteiger partial charge in [-0.25, -0.2) is 18.4 Å². The molecule has 2 aromatic heterocycles. The van der Waals surface area contributed by atoms with Crippen LogP contribution in [0.3, 0.4) is 0 Å². The summed E-state index contributed by atoms with van der Waals surface area (Å²) in [6.45, 7) is 3.57. The number of rotatable bonds is 4. The Morgan fingerprint density at radius 2 is 2.11 bits per heavy atom. The second-order valence-electron chi connectivity index (χ2n) is 7.03. The Labute approximate surface area is 163 Å². The molecule has 1 fully saturated rings. The van der Waals surface area contributed by atoms with Crippen molar-refractivity contribution in [3.63, 3.8) is 0 Å². The Kier molecular flexibility index (Phi) is 4.92. The molecule has 6 nitrogen and oxygen atoms in total. The van der Waals surface area contributed by atoms with Gasteiger partial charge in [-0.05, 0) is 61.6 Å². The van der Waals surface area contributed by atoms with Gasteiger partial charge in [0.05, 0.1) is 11.2 Å². The number of fused-ring (bicyclic) bond motifs is 1. The average molecular weight is 405 g/mol. The first-order valence-electron chi connectivity index (χ1n) is 8.97. The lowest BCUT2D eigenvalue weighted by atomic mass is 10.00. The Morgan fingerprint density at radius 1 is 1.26 bits per heavy atom. The number of halogens is 1. The molecule has 4 rings (SSSR count). The number of aromatic nitrogens is 3. The fourth-order valence-corrected chi connectivity index (χ4v) is 5.39. The summed E-state index contributed by atoms with van der Waals surface area (Å²) in [7, 11) is -3.52. The summed E-state index contributed by atoms with van der Waals surface area (Å²) >= 11 is 6.04. The van der Waals surface area contributed by atoms with Crippen LogP contribution in [0.15, 0.2) is 47.8 Å². The summed E-state index contributed by atoms with van der Waals surface area (Å²) in [5.74, 6) is 0.223. The quantitative estimate of drug-likeness (QED) is 0.667. The van der Waals surface area contributed by atoms with Crippen molar-refractivity contribution in [3.05, 3.63) is 53.4 Å². The van der Waals surface area contributed by atoms with Crippen LogP contribution in [0, 0.1) is 12.8 Å². The molecule has 0 amide bonds. The maximum atomic E-state index is 13.1.